The van der Waals surface area contributed by atoms with Gasteiger partial charge in [0.2, 0.25) is 0 Å². The SMILES string of the molecule is Cc1cc2cccc(S(=O)(=O)Nc3cn[nH]c3)c2nc1Cl. The van der Waals surface area contributed by atoms with Crippen molar-refractivity contribution >= 4 is 38.2 Å². The van der Waals surface area contributed by atoms with Crippen molar-refractivity contribution < 1.29 is 8.42 Å². The number of anilines is 1. The first-order chi connectivity index (χ1) is 9.97. The second-order valence-corrected chi connectivity index (χ2v) is 6.53. The summed E-state index contributed by atoms with van der Waals surface area (Å²) in [7, 11) is -3.77. The highest BCUT2D eigenvalue weighted by Crippen LogP contribution is 2.26. The van der Waals surface area contributed by atoms with E-state index in [1.165, 1.54) is 18.5 Å². The molecule has 8 heteroatoms. The Hall–Kier alpha value is -2.12. The molecule has 0 aliphatic carbocycles. The number of nitrogens with zero attached hydrogens (tertiary/aromatic N) is 2. The summed E-state index contributed by atoms with van der Waals surface area (Å²) >= 11 is 6.01. The Morgan fingerprint density at radius 3 is 2.86 bits per heavy atom. The zero-order chi connectivity index (χ0) is 15.0. The minimum absolute atomic E-state index is 0.0723. The monoisotopic (exact) mass is 322 g/mol. The van der Waals surface area contributed by atoms with Crippen LogP contribution in [-0.2, 0) is 10.0 Å². The van der Waals surface area contributed by atoms with Crippen molar-refractivity contribution in [3.8, 4) is 0 Å². The van der Waals surface area contributed by atoms with Crippen LogP contribution >= 0.6 is 11.6 Å². The highest BCUT2D eigenvalue weighted by atomic mass is 35.5. The number of aromatic nitrogens is 3. The summed E-state index contributed by atoms with van der Waals surface area (Å²) in [5, 5.41) is 7.24. The van der Waals surface area contributed by atoms with Crippen LogP contribution in [-0.4, -0.2) is 23.6 Å². The lowest BCUT2D eigenvalue weighted by atomic mass is 10.2. The number of sulfonamides is 1. The number of aryl methyl sites for hydroxylation is 1. The molecule has 0 saturated carbocycles. The molecule has 2 aromatic heterocycles. The van der Waals surface area contributed by atoms with Crippen LogP contribution in [0.2, 0.25) is 5.15 Å². The molecule has 21 heavy (non-hydrogen) atoms. The molecule has 0 bridgehead atoms. The number of para-hydroxylation sites is 1. The van der Waals surface area contributed by atoms with Gasteiger partial charge in [-0.15, -0.1) is 0 Å². The Morgan fingerprint density at radius 1 is 1.33 bits per heavy atom. The maximum Gasteiger partial charge on any atom is 0.264 e. The fourth-order valence-electron chi connectivity index (χ4n) is 1.99. The predicted octanol–water partition coefficient (Wildman–Crippen LogP) is 2.72. The fourth-order valence-corrected chi connectivity index (χ4v) is 3.33. The average molecular weight is 323 g/mol. The summed E-state index contributed by atoms with van der Waals surface area (Å²) in [5.41, 5.74) is 1.48. The molecule has 0 spiro atoms. The third-order valence-corrected chi connectivity index (χ3v) is 4.77. The topological polar surface area (TPSA) is 87.7 Å². The van der Waals surface area contributed by atoms with Crippen molar-refractivity contribution in [2.24, 2.45) is 0 Å². The van der Waals surface area contributed by atoms with Crippen molar-refractivity contribution in [1.29, 1.82) is 0 Å². The number of hydrogen-bond acceptors (Lipinski definition) is 4. The number of fused-ring (bicyclic) bond motifs is 1. The number of hydrogen-bond donors (Lipinski definition) is 2. The zero-order valence-electron chi connectivity index (χ0n) is 11.0. The van der Waals surface area contributed by atoms with E-state index in [2.05, 4.69) is 19.9 Å². The van der Waals surface area contributed by atoms with E-state index in [1.807, 2.05) is 13.0 Å². The van der Waals surface area contributed by atoms with E-state index in [9.17, 15) is 8.42 Å². The van der Waals surface area contributed by atoms with Gasteiger partial charge in [-0.1, -0.05) is 23.7 Å². The van der Waals surface area contributed by atoms with Crippen LogP contribution in [0.25, 0.3) is 10.9 Å². The van der Waals surface area contributed by atoms with Crippen molar-refractivity contribution in [3.05, 3.63) is 47.4 Å². The smallest absolute Gasteiger partial charge is 0.264 e. The molecule has 6 nitrogen and oxygen atoms in total. The Bertz CT molecular complexity index is 907. The minimum atomic E-state index is -3.77. The van der Waals surface area contributed by atoms with Gasteiger partial charge < -0.3 is 0 Å². The van der Waals surface area contributed by atoms with E-state index >= 15 is 0 Å². The Balaban J connectivity index is 2.18. The first-order valence-electron chi connectivity index (χ1n) is 6.05. The quantitative estimate of drug-likeness (QED) is 0.726. The first kappa shape index (κ1) is 13.8. The van der Waals surface area contributed by atoms with Crippen molar-refractivity contribution in [2.75, 3.05) is 4.72 Å². The number of H-pyrrole nitrogens is 1. The third-order valence-electron chi connectivity index (χ3n) is 2.98. The summed E-state index contributed by atoms with van der Waals surface area (Å²) in [5.74, 6) is 0. The van der Waals surface area contributed by atoms with E-state index in [1.54, 1.807) is 12.1 Å². The molecule has 2 N–H and O–H groups in total. The van der Waals surface area contributed by atoms with Crippen LogP contribution < -0.4 is 4.72 Å². The van der Waals surface area contributed by atoms with E-state index in [0.717, 1.165) is 5.56 Å². The van der Waals surface area contributed by atoms with Crippen LogP contribution in [0, 0.1) is 6.92 Å². The molecule has 0 aliphatic heterocycles. The van der Waals surface area contributed by atoms with Gasteiger partial charge in [-0.3, -0.25) is 9.82 Å². The van der Waals surface area contributed by atoms with Gasteiger partial charge in [0.1, 0.15) is 10.0 Å². The number of nitrogens with one attached hydrogen (secondary N) is 2. The fraction of sp³-hybridized carbons (Fsp3) is 0.0769. The largest absolute Gasteiger partial charge is 0.284 e. The molecule has 0 saturated heterocycles. The molecular formula is C13H11ClN4O2S. The van der Waals surface area contributed by atoms with Gasteiger partial charge >= 0.3 is 0 Å². The standard InChI is InChI=1S/C13H11ClN4O2S/c1-8-5-9-3-2-4-11(12(9)17-13(8)14)21(19,20)18-10-6-15-16-7-10/h2-7,18H,1H3,(H,15,16). The lowest BCUT2D eigenvalue weighted by Crippen LogP contribution is -2.13. The summed E-state index contributed by atoms with van der Waals surface area (Å²) in [4.78, 5) is 4.27. The molecule has 0 amide bonds. The normalized spacial score (nSPS) is 11.7. The zero-order valence-corrected chi connectivity index (χ0v) is 12.5. The Kier molecular flexibility index (Phi) is 3.30. The van der Waals surface area contributed by atoms with E-state index in [0.29, 0.717) is 16.6 Å². The molecule has 108 valence electrons. The number of aromatic amines is 1. The maximum atomic E-state index is 12.5. The highest BCUT2D eigenvalue weighted by molar-refractivity contribution is 7.93. The molecule has 0 unspecified atom stereocenters. The number of benzene rings is 1. The van der Waals surface area contributed by atoms with Crippen LogP contribution in [0.5, 0.6) is 0 Å². The minimum Gasteiger partial charge on any atom is -0.284 e. The van der Waals surface area contributed by atoms with Crippen LogP contribution in [0.4, 0.5) is 5.69 Å². The highest BCUT2D eigenvalue weighted by Gasteiger charge is 2.19. The molecule has 0 aliphatic rings. The second-order valence-electron chi connectivity index (χ2n) is 4.52. The van der Waals surface area contributed by atoms with Gasteiger partial charge in [0, 0.05) is 11.6 Å². The molecule has 3 rings (SSSR count). The van der Waals surface area contributed by atoms with E-state index in [4.69, 9.17) is 11.6 Å². The molecular weight excluding hydrogens is 312 g/mol. The van der Waals surface area contributed by atoms with Gasteiger partial charge in [0.05, 0.1) is 17.4 Å². The molecule has 2 heterocycles. The van der Waals surface area contributed by atoms with Gasteiger partial charge in [-0.05, 0) is 24.6 Å². The second kappa shape index (κ2) is 5.01. The van der Waals surface area contributed by atoms with Gasteiger partial charge in [-0.25, -0.2) is 13.4 Å². The predicted molar refractivity (Wildman–Crippen MR) is 80.9 cm³/mol. The number of rotatable bonds is 3. The molecule has 0 atom stereocenters. The first-order valence-corrected chi connectivity index (χ1v) is 7.91. The number of halogens is 1. The van der Waals surface area contributed by atoms with Crippen LogP contribution in [0.15, 0.2) is 41.6 Å². The summed E-state index contributed by atoms with van der Waals surface area (Å²) < 4.78 is 27.4. The maximum absolute atomic E-state index is 12.5. The lowest BCUT2D eigenvalue weighted by Gasteiger charge is -2.09. The van der Waals surface area contributed by atoms with Gasteiger partial charge in [0.25, 0.3) is 10.0 Å². The summed E-state index contributed by atoms with van der Waals surface area (Å²) in [6.45, 7) is 1.82. The Morgan fingerprint density at radius 2 is 2.14 bits per heavy atom. The Labute approximate surface area is 126 Å². The van der Waals surface area contributed by atoms with Gasteiger partial charge in [-0.2, -0.15) is 5.10 Å². The van der Waals surface area contributed by atoms with Crippen molar-refractivity contribution in [3.63, 3.8) is 0 Å². The average Bonchev–Trinajstić information content (AvgIpc) is 2.91. The molecule has 1 aromatic carbocycles. The van der Waals surface area contributed by atoms with Crippen LogP contribution in [0.3, 0.4) is 0 Å². The van der Waals surface area contributed by atoms with Gasteiger partial charge in [0.15, 0.2) is 0 Å². The van der Waals surface area contributed by atoms with E-state index < -0.39 is 10.0 Å². The molecule has 0 radical (unpaired) electrons. The van der Waals surface area contributed by atoms with E-state index in [-0.39, 0.29) is 10.0 Å². The van der Waals surface area contributed by atoms with Crippen molar-refractivity contribution in [2.45, 2.75) is 11.8 Å². The number of pyridine rings is 1. The summed E-state index contributed by atoms with van der Waals surface area (Å²) in [6, 6.07) is 6.76. The third kappa shape index (κ3) is 2.57. The summed E-state index contributed by atoms with van der Waals surface area (Å²) in [6.07, 6.45) is 2.83. The molecule has 3 aromatic rings. The lowest BCUT2D eigenvalue weighted by molar-refractivity contribution is 0.602. The van der Waals surface area contributed by atoms with Crippen molar-refractivity contribution in [1.82, 2.24) is 15.2 Å². The van der Waals surface area contributed by atoms with Crippen LogP contribution in [0.1, 0.15) is 5.56 Å². The molecule has 0 fully saturated rings.